The van der Waals surface area contributed by atoms with Crippen molar-refractivity contribution >= 4 is 16.6 Å². The van der Waals surface area contributed by atoms with Crippen molar-refractivity contribution in [2.24, 2.45) is 5.92 Å². The van der Waals surface area contributed by atoms with E-state index in [9.17, 15) is 0 Å². The van der Waals surface area contributed by atoms with Crippen LogP contribution in [0.3, 0.4) is 0 Å². The van der Waals surface area contributed by atoms with Gasteiger partial charge in [0.15, 0.2) is 0 Å². The number of anilines is 1. The third-order valence-corrected chi connectivity index (χ3v) is 5.00. The zero-order valence-electron chi connectivity index (χ0n) is 13.5. The van der Waals surface area contributed by atoms with E-state index in [1.807, 2.05) is 6.20 Å². The Kier molecular flexibility index (Phi) is 4.39. The van der Waals surface area contributed by atoms with Gasteiger partial charge in [0.1, 0.15) is 6.33 Å². The predicted molar refractivity (Wildman–Crippen MR) is 91.7 cm³/mol. The highest BCUT2D eigenvalue weighted by Gasteiger charge is 2.22. The molecule has 2 aromatic rings. The molecule has 2 aliphatic heterocycles. The van der Waals surface area contributed by atoms with Crippen molar-refractivity contribution in [1.82, 2.24) is 14.9 Å². The van der Waals surface area contributed by atoms with Crippen LogP contribution in [0, 0.1) is 5.92 Å². The lowest BCUT2D eigenvalue weighted by Gasteiger charge is -2.38. The number of benzene rings is 1. The number of ether oxygens (including phenoxy) is 1. The van der Waals surface area contributed by atoms with E-state index in [0.29, 0.717) is 0 Å². The number of piperazine rings is 1. The van der Waals surface area contributed by atoms with Gasteiger partial charge >= 0.3 is 0 Å². The summed E-state index contributed by atoms with van der Waals surface area (Å²) < 4.78 is 5.61. The molecular weight excluding hydrogens is 288 g/mol. The molecule has 0 amide bonds. The van der Waals surface area contributed by atoms with E-state index in [4.69, 9.17) is 4.74 Å². The van der Waals surface area contributed by atoms with E-state index in [1.165, 1.54) is 25.1 Å². The summed E-state index contributed by atoms with van der Waals surface area (Å²) in [6, 6.07) is 6.48. The molecule has 0 radical (unpaired) electrons. The summed E-state index contributed by atoms with van der Waals surface area (Å²) in [6.07, 6.45) is 6.05. The Morgan fingerprint density at radius 2 is 2.09 bits per heavy atom. The highest BCUT2D eigenvalue weighted by atomic mass is 16.5. The van der Waals surface area contributed by atoms with Gasteiger partial charge in [-0.25, -0.2) is 9.97 Å². The second kappa shape index (κ2) is 6.81. The first kappa shape index (κ1) is 14.8. The molecule has 0 N–H and O–H groups in total. The average molecular weight is 312 g/mol. The fourth-order valence-corrected chi connectivity index (χ4v) is 3.67. The van der Waals surface area contributed by atoms with Gasteiger partial charge in [-0.1, -0.05) is 0 Å². The van der Waals surface area contributed by atoms with Crippen LogP contribution in [-0.2, 0) is 4.74 Å². The maximum Gasteiger partial charge on any atom is 0.116 e. The molecule has 2 saturated heterocycles. The average Bonchev–Trinajstić information content (AvgIpc) is 2.63. The minimum Gasteiger partial charge on any atom is -0.381 e. The van der Waals surface area contributed by atoms with Gasteiger partial charge in [0.05, 0.1) is 12.1 Å². The highest BCUT2D eigenvalue weighted by molar-refractivity contribution is 5.81. The lowest BCUT2D eigenvalue weighted by Crippen LogP contribution is -2.48. The van der Waals surface area contributed by atoms with Crippen molar-refractivity contribution in [2.45, 2.75) is 12.8 Å². The SMILES string of the molecule is c1ncc2cc(N3CCN(CC4CCCOC4)CC3)ccc2n1. The summed E-state index contributed by atoms with van der Waals surface area (Å²) in [5, 5.41) is 1.12. The molecule has 2 aliphatic rings. The second-order valence-corrected chi connectivity index (χ2v) is 6.64. The fourth-order valence-electron chi connectivity index (χ4n) is 3.67. The van der Waals surface area contributed by atoms with Crippen LogP contribution in [0.5, 0.6) is 0 Å². The summed E-state index contributed by atoms with van der Waals surface area (Å²) in [4.78, 5) is 13.5. The number of hydrogen-bond acceptors (Lipinski definition) is 5. The highest BCUT2D eigenvalue weighted by Crippen LogP contribution is 2.22. The lowest BCUT2D eigenvalue weighted by molar-refractivity contribution is 0.0377. The summed E-state index contributed by atoms with van der Waals surface area (Å²) in [6.45, 7) is 7.56. The van der Waals surface area contributed by atoms with Crippen LogP contribution in [0.15, 0.2) is 30.7 Å². The van der Waals surface area contributed by atoms with E-state index < -0.39 is 0 Å². The van der Waals surface area contributed by atoms with Crippen molar-refractivity contribution < 1.29 is 4.74 Å². The molecule has 5 heteroatoms. The van der Waals surface area contributed by atoms with E-state index in [2.05, 4.69) is 38.0 Å². The molecular formula is C18H24N4O. The van der Waals surface area contributed by atoms with Crippen LogP contribution in [0.4, 0.5) is 5.69 Å². The fraction of sp³-hybridized carbons (Fsp3) is 0.556. The van der Waals surface area contributed by atoms with Gasteiger partial charge in [0.2, 0.25) is 0 Å². The smallest absolute Gasteiger partial charge is 0.116 e. The van der Waals surface area contributed by atoms with Crippen molar-refractivity contribution in [3.63, 3.8) is 0 Å². The topological polar surface area (TPSA) is 41.5 Å². The summed E-state index contributed by atoms with van der Waals surface area (Å²) in [5.74, 6) is 0.730. The van der Waals surface area contributed by atoms with E-state index in [-0.39, 0.29) is 0 Å². The third-order valence-electron chi connectivity index (χ3n) is 5.00. The zero-order chi connectivity index (χ0) is 15.5. The standard InChI is InChI=1S/C18H24N4O/c1-2-15(13-23-9-1)12-21-5-7-22(8-6-21)17-3-4-18-16(10-17)11-19-14-20-18/h3-4,10-11,14-15H,1-2,5-9,12-13H2. The molecule has 0 aliphatic carbocycles. The Balaban J connectivity index is 1.36. The van der Waals surface area contributed by atoms with Crippen LogP contribution in [0.2, 0.25) is 0 Å². The maximum absolute atomic E-state index is 5.61. The Morgan fingerprint density at radius 3 is 2.91 bits per heavy atom. The van der Waals surface area contributed by atoms with Gasteiger partial charge in [-0.3, -0.25) is 4.90 Å². The van der Waals surface area contributed by atoms with Crippen LogP contribution < -0.4 is 4.90 Å². The number of fused-ring (bicyclic) bond motifs is 1. The van der Waals surface area contributed by atoms with Gasteiger partial charge in [-0.15, -0.1) is 0 Å². The molecule has 5 nitrogen and oxygen atoms in total. The quantitative estimate of drug-likeness (QED) is 0.869. The Bertz CT molecular complexity index is 648. The molecule has 2 fully saturated rings. The van der Waals surface area contributed by atoms with Gasteiger partial charge in [0.25, 0.3) is 0 Å². The van der Waals surface area contributed by atoms with E-state index in [0.717, 1.165) is 56.2 Å². The molecule has 4 rings (SSSR count). The minimum absolute atomic E-state index is 0.730. The monoisotopic (exact) mass is 312 g/mol. The van der Waals surface area contributed by atoms with Crippen molar-refractivity contribution in [2.75, 3.05) is 50.8 Å². The molecule has 122 valence electrons. The number of rotatable bonds is 3. The number of aromatic nitrogens is 2. The van der Waals surface area contributed by atoms with Crippen molar-refractivity contribution in [3.8, 4) is 0 Å². The summed E-state index contributed by atoms with van der Waals surface area (Å²) >= 11 is 0. The first-order valence-corrected chi connectivity index (χ1v) is 8.63. The van der Waals surface area contributed by atoms with E-state index >= 15 is 0 Å². The molecule has 1 atom stereocenters. The number of nitrogens with zero attached hydrogens (tertiary/aromatic N) is 4. The van der Waals surface area contributed by atoms with E-state index in [1.54, 1.807) is 6.33 Å². The summed E-state index contributed by atoms with van der Waals surface area (Å²) in [7, 11) is 0. The Morgan fingerprint density at radius 1 is 1.17 bits per heavy atom. The summed E-state index contributed by atoms with van der Waals surface area (Å²) in [5.41, 5.74) is 2.30. The van der Waals surface area contributed by atoms with Crippen LogP contribution in [0.25, 0.3) is 10.9 Å². The van der Waals surface area contributed by atoms with Gasteiger partial charge in [-0.2, -0.15) is 0 Å². The molecule has 23 heavy (non-hydrogen) atoms. The first-order chi connectivity index (χ1) is 11.4. The molecule has 0 spiro atoms. The third kappa shape index (κ3) is 3.46. The molecule has 1 aromatic carbocycles. The lowest BCUT2D eigenvalue weighted by atomic mass is 10.0. The van der Waals surface area contributed by atoms with Crippen LogP contribution >= 0.6 is 0 Å². The molecule has 3 heterocycles. The van der Waals surface area contributed by atoms with Gasteiger partial charge in [0, 0.05) is 56.6 Å². The van der Waals surface area contributed by atoms with Gasteiger partial charge in [-0.05, 0) is 37.0 Å². The largest absolute Gasteiger partial charge is 0.381 e. The van der Waals surface area contributed by atoms with Crippen LogP contribution in [-0.4, -0.2) is 60.8 Å². The van der Waals surface area contributed by atoms with Crippen molar-refractivity contribution in [3.05, 3.63) is 30.7 Å². The normalized spacial score (nSPS) is 23.3. The minimum atomic E-state index is 0.730. The maximum atomic E-state index is 5.61. The molecule has 0 bridgehead atoms. The molecule has 0 saturated carbocycles. The van der Waals surface area contributed by atoms with Crippen molar-refractivity contribution in [1.29, 1.82) is 0 Å². The predicted octanol–water partition coefficient (Wildman–Crippen LogP) is 2.18. The molecule has 1 unspecified atom stereocenters. The Labute approximate surface area is 137 Å². The van der Waals surface area contributed by atoms with Crippen LogP contribution in [0.1, 0.15) is 12.8 Å². The Hall–Kier alpha value is -1.72. The first-order valence-electron chi connectivity index (χ1n) is 8.63. The number of hydrogen-bond donors (Lipinski definition) is 0. The molecule has 1 aromatic heterocycles. The zero-order valence-corrected chi connectivity index (χ0v) is 13.5. The van der Waals surface area contributed by atoms with Gasteiger partial charge < -0.3 is 9.64 Å². The second-order valence-electron chi connectivity index (χ2n) is 6.64.